The SMILES string of the molecule is CCC(C)NC(=O)c1cc2ccc(OC(=O)c3ccccc3Br)cc2oc1=O. The second-order valence-corrected chi connectivity index (χ2v) is 7.15. The smallest absolute Gasteiger partial charge is 0.349 e. The molecular weight excluding hydrogens is 426 g/mol. The van der Waals surface area contributed by atoms with E-state index in [4.69, 9.17) is 9.15 Å². The fraction of sp³-hybridized carbons (Fsp3) is 0.190. The minimum Gasteiger partial charge on any atom is -0.423 e. The van der Waals surface area contributed by atoms with Gasteiger partial charge in [0.1, 0.15) is 16.9 Å². The highest BCUT2D eigenvalue weighted by atomic mass is 79.9. The van der Waals surface area contributed by atoms with E-state index in [0.29, 0.717) is 15.4 Å². The predicted octanol–water partition coefficient (Wildman–Crippen LogP) is 4.30. The summed E-state index contributed by atoms with van der Waals surface area (Å²) < 4.78 is 11.2. The number of hydrogen-bond donors (Lipinski definition) is 1. The topological polar surface area (TPSA) is 85.6 Å². The van der Waals surface area contributed by atoms with Gasteiger partial charge in [-0.3, -0.25) is 4.79 Å². The molecule has 1 amide bonds. The van der Waals surface area contributed by atoms with Crippen molar-refractivity contribution in [3.8, 4) is 5.75 Å². The fourth-order valence-electron chi connectivity index (χ4n) is 2.51. The lowest BCUT2D eigenvalue weighted by Crippen LogP contribution is -2.34. The molecule has 7 heteroatoms. The molecule has 0 spiro atoms. The van der Waals surface area contributed by atoms with Crippen LogP contribution >= 0.6 is 15.9 Å². The molecule has 2 aromatic carbocycles. The van der Waals surface area contributed by atoms with Gasteiger partial charge in [-0.25, -0.2) is 9.59 Å². The van der Waals surface area contributed by atoms with E-state index in [1.165, 1.54) is 12.1 Å². The minimum absolute atomic E-state index is 0.0540. The van der Waals surface area contributed by atoms with Crippen LogP contribution in [0.2, 0.25) is 0 Å². The quantitative estimate of drug-likeness (QED) is 0.360. The monoisotopic (exact) mass is 443 g/mol. The summed E-state index contributed by atoms with van der Waals surface area (Å²) in [5, 5.41) is 3.29. The molecule has 6 nitrogen and oxygen atoms in total. The number of esters is 1. The van der Waals surface area contributed by atoms with Gasteiger partial charge >= 0.3 is 11.6 Å². The molecule has 0 bridgehead atoms. The molecule has 0 aliphatic heterocycles. The number of rotatable bonds is 5. The van der Waals surface area contributed by atoms with Gasteiger partial charge in [0.15, 0.2) is 0 Å². The zero-order valence-electron chi connectivity index (χ0n) is 15.3. The highest BCUT2D eigenvalue weighted by Crippen LogP contribution is 2.23. The third-order valence-electron chi connectivity index (χ3n) is 4.25. The third-order valence-corrected chi connectivity index (χ3v) is 4.94. The lowest BCUT2D eigenvalue weighted by Gasteiger charge is -2.11. The molecule has 0 saturated heterocycles. The molecule has 3 rings (SSSR count). The van der Waals surface area contributed by atoms with E-state index in [9.17, 15) is 14.4 Å². The van der Waals surface area contributed by atoms with Crippen LogP contribution in [0.25, 0.3) is 11.0 Å². The summed E-state index contributed by atoms with van der Waals surface area (Å²) in [6, 6.07) is 13.0. The minimum atomic E-state index is -0.748. The first-order chi connectivity index (χ1) is 13.4. The van der Waals surface area contributed by atoms with E-state index < -0.39 is 17.5 Å². The number of hydrogen-bond acceptors (Lipinski definition) is 5. The Kier molecular flexibility index (Phi) is 5.94. The normalized spacial score (nSPS) is 11.8. The average molecular weight is 444 g/mol. The Morgan fingerprint density at radius 2 is 1.89 bits per heavy atom. The van der Waals surface area contributed by atoms with Crippen molar-refractivity contribution in [1.29, 1.82) is 0 Å². The van der Waals surface area contributed by atoms with Crippen molar-refractivity contribution in [2.24, 2.45) is 0 Å². The number of fused-ring (bicyclic) bond motifs is 1. The van der Waals surface area contributed by atoms with Gasteiger partial charge in [0, 0.05) is 22.0 Å². The van der Waals surface area contributed by atoms with Crippen molar-refractivity contribution in [3.05, 3.63) is 74.6 Å². The fourth-order valence-corrected chi connectivity index (χ4v) is 2.95. The second kappa shape index (κ2) is 8.39. The van der Waals surface area contributed by atoms with Crippen LogP contribution in [0.3, 0.4) is 0 Å². The summed E-state index contributed by atoms with van der Waals surface area (Å²) in [7, 11) is 0. The molecule has 0 fully saturated rings. The van der Waals surface area contributed by atoms with E-state index in [1.807, 2.05) is 13.8 Å². The van der Waals surface area contributed by atoms with Gasteiger partial charge in [0.25, 0.3) is 5.91 Å². The van der Waals surface area contributed by atoms with Crippen LogP contribution in [0.4, 0.5) is 0 Å². The van der Waals surface area contributed by atoms with Gasteiger partial charge in [0.05, 0.1) is 5.56 Å². The van der Waals surface area contributed by atoms with Crippen molar-refractivity contribution in [1.82, 2.24) is 5.32 Å². The molecule has 1 unspecified atom stereocenters. The molecule has 1 heterocycles. The highest BCUT2D eigenvalue weighted by molar-refractivity contribution is 9.10. The van der Waals surface area contributed by atoms with Crippen LogP contribution in [-0.2, 0) is 0 Å². The molecule has 28 heavy (non-hydrogen) atoms. The summed E-state index contributed by atoms with van der Waals surface area (Å²) in [6.07, 6.45) is 0.747. The van der Waals surface area contributed by atoms with Crippen molar-refractivity contribution >= 4 is 38.8 Å². The number of carbonyl (C=O) groups is 2. The lowest BCUT2D eigenvalue weighted by molar-refractivity contribution is 0.0733. The Bertz CT molecular complexity index is 1110. The summed E-state index contributed by atoms with van der Waals surface area (Å²) >= 11 is 3.30. The van der Waals surface area contributed by atoms with E-state index in [-0.39, 0.29) is 22.9 Å². The number of nitrogens with one attached hydrogen (secondary N) is 1. The molecule has 1 atom stereocenters. The van der Waals surface area contributed by atoms with Crippen LogP contribution in [-0.4, -0.2) is 17.9 Å². The largest absolute Gasteiger partial charge is 0.423 e. The van der Waals surface area contributed by atoms with Crippen LogP contribution in [0, 0.1) is 0 Å². The number of ether oxygens (including phenoxy) is 1. The van der Waals surface area contributed by atoms with E-state index in [1.54, 1.807) is 36.4 Å². The molecule has 1 aromatic heterocycles. The van der Waals surface area contributed by atoms with Crippen LogP contribution in [0.15, 0.2) is 62.2 Å². The highest BCUT2D eigenvalue weighted by Gasteiger charge is 2.17. The van der Waals surface area contributed by atoms with Crippen molar-refractivity contribution in [2.45, 2.75) is 26.3 Å². The maximum Gasteiger partial charge on any atom is 0.349 e. The summed E-state index contributed by atoms with van der Waals surface area (Å²) in [5.74, 6) is -0.790. The van der Waals surface area contributed by atoms with Crippen LogP contribution < -0.4 is 15.7 Å². The molecule has 0 radical (unpaired) electrons. The Morgan fingerprint density at radius 1 is 1.14 bits per heavy atom. The molecule has 0 saturated carbocycles. The van der Waals surface area contributed by atoms with Gasteiger partial charge < -0.3 is 14.5 Å². The molecule has 1 N–H and O–H groups in total. The molecule has 3 aromatic rings. The zero-order valence-corrected chi connectivity index (χ0v) is 16.9. The van der Waals surface area contributed by atoms with Crippen molar-refractivity contribution in [3.63, 3.8) is 0 Å². The number of amides is 1. The first kappa shape index (κ1) is 19.8. The van der Waals surface area contributed by atoms with E-state index >= 15 is 0 Å². The summed E-state index contributed by atoms with van der Waals surface area (Å²) in [6.45, 7) is 3.79. The maximum atomic E-state index is 12.3. The van der Waals surface area contributed by atoms with Crippen LogP contribution in [0.1, 0.15) is 41.0 Å². The Labute approximate surface area is 169 Å². The first-order valence-electron chi connectivity index (χ1n) is 8.74. The van der Waals surface area contributed by atoms with E-state index in [0.717, 1.165) is 6.42 Å². The van der Waals surface area contributed by atoms with Gasteiger partial charge in [-0.1, -0.05) is 19.1 Å². The number of carbonyl (C=O) groups excluding carboxylic acids is 2. The molecule has 144 valence electrons. The van der Waals surface area contributed by atoms with Crippen LogP contribution in [0.5, 0.6) is 5.75 Å². The average Bonchev–Trinajstić information content (AvgIpc) is 2.67. The number of halogens is 1. The van der Waals surface area contributed by atoms with Gasteiger partial charge in [-0.2, -0.15) is 0 Å². The van der Waals surface area contributed by atoms with Gasteiger partial charge in [-0.15, -0.1) is 0 Å². The second-order valence-electron chi connectivity index (χ2n) is 6.30. The summed E-state index contributed by atoms with van der Waals surface area (Å²) in [4.78, 5) is 36.8. The van der Waals surface area contributed by atoms with Gasteiger partial charge in [0.2, 0.25) is 0 Å². The standard InChI is InChI=1S/C21H18BrNO5/c1-3-12(2)23-19(24)16-10-13-8-9-14(11-18(13)28-21(16)26)27-20(25)15-6-4-5-7-17(15)22/h4-12H,3H2,1-2H3,(H,23,24). The third kappa shape index (κ3) is 4.31. The van der Waals surface area contributed by atoms with Gasteiger partial charge in [-0.05, 0) is 59.6 Å². The Hall–Kier alpha value is -2.93. The van der Waals surface area contributed by atoms with E-state index in [2.05, 4.69) is 21.2 Å². The molecule has 0 aliphatic rings. The Morgan fingerprint density at radius 3 is 2.61 bits per heavy atom. The predicted molar refractivity (Wildman–Crippen MR) is 109 cm³/mol. The van der Waals surface area contributed by atoms with Crippen molar-refractivity contribution < 1.29 is 18.7 Å². The first-order valence-corrected chi connectivity index (χ1v) is 9.53. The maximum absolute atomic E-state index is 12.3. The molecular formula is C21H18BrNO5. The van der Waals surface area contributed by atoms with Crippen molar-refractivity contribution in [2.75, 3.05) is 0 Å². The summed E-state index contributed by atoms with van der Waals surface area (Å²) in [5.41, 5.74) is -0.211. The Balaban J connectivity index is 1.87. The number of benzene rings is 2. The molecule has 0 aliphatic carbocycles. The zero-order chi connectivity index (χ0) is 20.3. The lowest BCUT2D eigenvalue weighted by atomic mass is 10.1.